The molecule has 0 saturated carbocycles. The average molecular weight is 317 g/mol. The summed E-state index contributed by atoms with van der Waals surface area (Å²) in [6.07, 6.45) is 3.94. The first-order chi connectivity index (χ1) is 9.86. The van der Waals surface area contributed by atoms with Gasteiger partial charge in [-0.3, -0.25) is 5.10 Å². The van der Waals surface area contributed by atoms with E-state index < -0.39 is 9.21 Å². The Balaban J connectivity index is 2.24. The van der Waals surface area contributed by atoms with Crippen LogP contribution in [0, 0.1) is 6.92 Å². The third kappa shape index (κ3) is 2.59. The Bertz CT molecular complexity index is 937. The number of hydrogen-bond acceptors (Lipinski definition) is 1. The predicted octanol–water partition coefficient (Wildman–Crippen LogP) is 4.85. The number of rotatable bonds is 2. The van der Waals surface area contributed by atoms with E-state index in [4.69, 9.17) is 11.6 Å². The first-order valence-corrected chi connectivity index (χ1v) is 9.30. The van der Waals surface area contributed by atoms with Gasteiger partial charge in [0.15, 0.2) is 0 Å². The van der Waals surface area contributed by atoms with Gasteiger partial charge in [-0.05, 0) is 53.0 Å². The number of nitrogens with zero attached hydrogens (tertiary/aromatic N) is 1. The molecule has 21 heavy (non-hydrogen) atoms. The van der Waals surface area contributed by atoms with Crippen molar-refractivity contribution < 1.29 is 0 Å². The van der Waals surface area contributed by atoms with Crippen LogP contribution in [0.5, 0.6) is 0 Å². The van der Waals surface area contributed by atoms with Crippen LogP contribution in [0.15, 0.2) is 41.4 Å². The van der Waals surface area contributed by atoms with Crippen LogP contribution in [-0.2, 0) is 0 Å². The molecule has 4 heteroatoms. The Labute approximate surface area is 130 Å². The van der Waals surface area contributed by atoms with E-state index in [1.54, 1.807) is 0 Å². The summed E-state index contributed by atoms with van der Waals surface area (Å²) in [4.78, 5) is 1.23. The number of fused-ring (bicyclic) bond motifs is 1. The monoisotopic (exact) mass is 316 g/mol. The molecule has 0 aliphatic rings. The second-order valence-electron chi connectivity index (χ2n) is 5.54. The van der Waals surface area contributed by atoms with E-state index in [1.807, 2.05) is 18.3 Å². The summed E-state index contributed by atoms with van der Waals surface area (Å²) in [5.41, 5.74) is 4.38. The van der Waals surface area contributed by atoms with E-state index in [0.29, 0.717) is 5.02 Å². The number of aromatic nitrogens is 2. The Morgan fingerprint density at radius 3 is 2.62 bits per heavy atom. The number of H-pyrrole nitrogens is 1. The maximum absolute atomic E-state index is 6.21. The van der Waals surface area contributed by atoms with Crippen molar-refractivity contribution in [3.05, 3.63) is 47.1 Å². The van der Waals surface area contributed by atoms with E-state index in [0.717, 1.165) is 22.0 Å². The van der Waals surface area contributed by atoms with Crippen molar-refractivity contribution in [2.24, 2.45) is 0 Å². The zero-order valence-electron chi connectivity index (χ0n) is 12.1. The van der Waals surface area contributed by atoms with E-state index >= 15 is 0 Å². The molecule has 0 amide bonds. The molecule has 108 valence electrons. The molecule has 0 aliphatic heterocycles. The first kappa shape index (κ1) is 14.2. The smallest absolute Gasteiger partial charge is 0.0671 e. The highest BCUT2D eigenvalue weighted by atomic mass is 35.5. The van der Waals surface area contributed by atoms with Gasteiger partial charge in [0.05, 0.1) is 11.7 Å². The van der Waals surface area contributed by atoms with Crippen LogP contribution in [0.1, 0.15) is 5.56 Å². The van der Waals surface area contributed by atoms with Crippen molar-refractivity contribution in [2.75, 3.05) is 6.26 Å². The highest BCUT2D eigenvalue weighted by Crippen LogP contribution is 2.36. The van der Waals surface area contributed by atoms with Gasteiger partial charge < -0.3 is 0 Å². The summed E-state index contributed by atoms with van der Waals surface area (Å²) >= 11 is 6.21. The summed E-state index contributed by atoms with van der Waals surface area (Å²) in [6, 6.07) is 10.3. The van der Waals surface area contributed by atoms with Crippen LogP contribution in [0.3, 0.4) is 0 Å². The lowest BCUT2D eigenvalue weighted by atomic mass is 10.0. The van der Waals surface area contributed by atoms with Gasteiger partial charge in [0.25, 0.3) is 0 Å². The number of halogens is 1. The van der Waals surface area contributed by atoms with Crippen molar-refractivity contribution in [3.8, 4) is 11.1 Å². The second kappa shape index (κ2) is 4.93. The third-order valence-electron chi connectivity index (χ3n) is 3.54. The van der Waals surface area contributed by atoms with E-state index in [2.05, 4.69) is 53.3 Å². The van der Waals surface area contributed by atoms with Gasteiger partial charge in [-0.25, -0.2) is 0 Å². The van der Waals surface area contributed by atoms with E-state index in [9.17, 15) is 0 Å². The Kier molecular flexibility index (Phi) is 3.34. The van der Waals surface area contributed by atoms with Gasteiger partial charge >= 0.3 is 0 Å². The molecule has 3 aromatic rings. The summed E-state index contributed by atoms with van der Waals surface area (Å²) < 4.78 is 0. The molecule has 0 atom stereocenters. The quantitative estimate of drug-likeness (QED) is 0.673. The molecule has 0 radical (unpaired) electrons. The lowest BCUT2D eigenvalue weighted by Crippen LogP contribution is -1.87. The average Bonchev–Trinajstić information content (AvgIpc) is 2.83. The number of hydrogen-bond donors (Lipinski definition) is 1. The lowest BCUT2D eigenvalue weighted by Gasteiger charge is -2.14. The number of aromatic amines is 1. The van der Waals surface area contributed by atoms with Gasteiger partial charge in [-0.2, -0.15) is 14.3 Å². The maximum Gasteiger partial charge on any atom is 0.0671 e. The summed E-state index contributed by atoms with van der Waals surface area (Å²) in [5.74, 6) is 8.39. The molecule has 3 rings (SSSR count). The number of nitrogens with one attached hydrogen (secondary N) is 1. The topological polar surface area (TPSA) is 28.7 Å². The normalized spacial score (nSPS) is 12.0. The SMILES string of the molecule is C=S(=C)(C)c1ccc(-c2cc(Cl)cc3[nH]ncc23)cc1C. The van der Waals surface area contributed by atoms with Crippen LogP contribution >= 0.6 is 20.8 Å². The molecular formula is C17H17ClN2S. The molecule has 0 bridgehead atoms. The molecule has 1 N–H and O–H groups in total. The Morgan fingerprint density at radius 2 is 1.95 bits per heavy atom. The minimum Gasteiger partial charge on any atom is -0.278 e. The summed E-state index contributed by atoms with van der Waals surface area (Å²) in [5, 5.41) is 8.86. The predicted molar refractivity (Wildman–Crippen MR) is 97.3 cm³/mol. The van der Waals surface area contributed by atoms with Crippen molar-refractivity contribution in [1.29, 1.82) is 0 Å². The zero-order valence-corrected chi connectivity index (χ0v) is 13.7. The van der Waals surface area contributed by atoms with Gasteiger partial charge in [-0.15, -0.1) is 0 Å². The van der Waals surface area contributed by atoms with Gasteiger partial charge in [0.1, 0.15) is 0 Å². The second-order valence-corrected chi connectivity index (χ2v) is 8.96. The van der Waals surface area contributed by atoms with Crippen LogP contribution < -0.4 is 0 Å². The third-order valence-corrected chi connectivity index (χ3v) is 5.28. The van der Waals surface area contributed by atoms with Crippen LogP contribution in [-0.4, -0.2) is 28.2 Å². The molecule has 2 nitrogen and oxygen atoms in total. The molecule has 1 heterocycles. The highest BCUT2D eigenvalue weighted by Gasteiger charge is 2.09. The van der Waals surface area contributed by atoms with Crippen LogP contribution in [0.25, 0.3) is 22.0 Å². The standard InChI is InChI=1S/C17H17ClN2S/c1-11-7-12(5-6-17(11)21(2,3)4)14-8-13(18)9-16-15(14)10-19-20-16/h5-10H,2-3H2,1,4H3,(H,19,20). The van der Waals surface area contributed by atoms with Crippen LogP contribution in [0.4, 0.5) is 0 Å². The first-order valence-electron chi connectivity index (χ1n) is 6.54. The van der Waals surface area contributed by atoms with Crippen molar-refractivity contribution in [3.63, 3.8) is 0 Å². The van der Waals surface area contributed by atoms with Crippen molar-refractivity contribution >= 4 is 43.5 Å². The molecule has 0 aliphatic carbocycles. The molecule has 2 aromatic carbocycles. The zero-order chi connectivity index (χ0) is 15.2. The van der Waals surface area contributed by atoms with Crippen molar-refractivity contribution in [2.45, 2.75) is 11.8 Å². The lowest BCUT2D eigenvalue weighted by molar-refractivity contribution is 1.12. The van der Waals surface area contributed by atoms with Gasteiger partial charge in [0.2, 0.25) is 0 Å². The molecule has 0 spiro atoms. The fourth-order valence-electron chi connectivity index (χ4n) is 2.62. The van der Waals surface area contributed by atoms with Crippen LogP contribution in [0.2, 0.25) is 5.02 Å². The Hall–Kier alpha value is -1.71. The highest BCUT2D eigenvalue weighted by molar-refractivity contribution is 8.27. The van der Waals surface area contributed by atoms with Gasteiger partial charge in [0, 0.05) is 10.4 Å². The summed E-state index contributed by atoms with van der Waals surface area (Å²) in [6.45, 7) is 2.11. The number of aryl methyl sites for hydroxylation is 1. The molecule has 0 saturated heterocycles. The van der Waals surface area contributed by atoms with Gasteiger partial charge in [-0.1, -0.05) is 35.5 Å². The van der Waals surface area contributed by atoms with E-state index in [-0.39, 0.29) is 0 Å². The fourth-order valence-corrected chi connectivity index (χ4v) is 4.08. The Morgan fingerprint density at radius 1 is 1.19 bits per heavy atom. The minimum absolute atomic E-state index is 0.702. The molecule has 0 unspecified atom stereocenters. The molecule has 1 aromatic heterocycles. The number of benzene rings is 2. The minimum atomic E-state index is -1.22. The maximum atomic E-state index is 6.21. The molecule has 0 fully saturated rings. The molecular weight excluding hydrogens is 300 g/mol. The van der Waals surface area contributed by atoms with Crippen molar-refractivity contribution in [1.82, 2.24) is 10.2 Å². The summed E-state index contributed by atoms with van der Waals surface area (Å²) in [7, 11) is -1.22. The largest absolute Gasteiger partial charge is 0.278 e. The fraction of sp³-hybridized carbons (Fsp3) is 0.118. The van der Waals surface area contributed by atoms with E-state index in [1.165, 1.54) is 10.5 Å².